The Hall–Kier alpha value is -4.29. The molecule has 0 bridgehead atoms. The van der Waals surface area contributed by atoms with Crippen molar-refractivity contribution in [2.45, 2.75) is 18.7 Å². The molecule has 0 fully saturated rings. The van der Waals surface area contributed by atoms with Crippen molar-refractivity contribution in [1.82, 2.24) is 9.97 Å². The fourth-order valence-corrected chi connectivity index (χ4v) is 4.70. The highest BCUT2D eigenvalue weighted by atomic mass is 35.5. The maximum Gasteiger partial charge on any atom is 0.337 e. The van der Waals surface area contributed by atoms with Crippen LogP contribution in [-0.2, 0) is 24.3 Å². The van der Waals surface area contributed by atoms with Crippen molar-refractivity contribution in [1.29, 1.82) is 0 Å². The molecule has 2 heterocycles. The van der Waals surface area contributed by atoms with E-state index in [1.807, 2.05) is 0 Å². The molecular formula is C24H20ClN5O6S. The highest BCUT2D eigenvalue weighted by molar-refractivity contribution is 7.92. The summed E-state index contributed by atoms with van der Waals surface area (Å²) in [6, 6.07) is 12.9. The van der Waals surface area contributed by atoms with Gasteiger partial charge in [-0.15, -0.1) is 0 Å². The molecule has 0 unspecified atom stereocenters. The van der Waals surface area contributed by atoms with E-state index in [-0.39, 0.29) is 32.8 Å². The van der Waals surface area contributed by atoms with Crippen LogP contribution in [0.3, 0.4) is 0 Å². The van der Waals surface area contributed by atoms with Gasteiger partial charge in [0.1, 0.15) is 10.7 Å². The molecule has 1 aliphatic heterocycles. The Morgan fingerprint density at radius 1 is 0.973 bits per heavy atom. The lowest BCUT2D eigenvalue weighted by molar-refractivity contribution is -0.120. The molecule has 2 amide bonds. The lowest BCUT2D eigenvalue weighted by Gasteiger charge is -2.16. The minimum absolute atomic E-state index is 0.0527. The average molecular weight is 542 g/mol. The van der Waals surface area contributed by atoms with Gasteiger partial charge in [-0.2, -0.15) is 0 Å². The van der Waals surface area contributed by atoms with Crippen LogP contribution in [0.1, 0.15) is 21.7 Å². The molecule has 1 aromatic heterocycles. The molecule has 0 radical (unpaired) electrons. The fourth-order valence-electron chi connectivity index (χ4n) is 3.55. The zero-order valence-electron chi connectivity index (χ0n) is 19.8. The lowest BCUT2D eigenvalue weighted by atomic mass is 10.2. The second kappa shape index (κ2) is 9.99. The summed E-state index contributed by atoms with van der Waals surface area (Å²) in [7, 11) is -2.77. The first-order valence-corrected chi connectivity index (χ1v) is 12.6. The van der Waals surface area contributed by atoms with Gasteiger partial charge < -0.3 is 10.1 Å². The molecule has 0 spiro atoms. The third-order valence-corrected chi connectivity index (χ3v) is 6.89. The number of carbonyl (C=O) groups excluding carboxylic acids is 3. The van der Waals surface area contributed by atoms with E-state index in [0.29, 0.717) is 17.1 Å². The first-order chi connectivity index (χ1) is 17.5. The van der Waals surface area contributed by atoms with Gasteiger partial charge in [0.15, 0.2) is 0 Å². The Labute approximate surface area is 217 Å². The Kier molecular flexibility index (Phi) is 6.96. The van der Waals surface area contributed by atoms with Crippen LogP contribution in [-0.4, -0.2) is 43.3 Å². The summed E-state index contributed by atoms with van der Waals surface area (Å²) in [4.78, 5) is 46.5. The first-order valence-electron chi connectivity index (χ1n) is 10.7. The SMILES string of the molecule is COC(=O)c1cccc(N2C(=O)C(Cl)=C(Nc3ccc(S(=O)(=O)Nc4nc(C)cc(C)n4)cc3)C2=O)c1. The number of sulfonamides is 1. The number of rotatable bonds is 7. The molecule has 1 aliphatic rings. The van der Waals surface area contributed by atoms with E-state index in [9.17, 15) is 22.8 Å². The van der Waals surface area contributed by atoms with Gasteiger partial charge in [0.25, 0.3) is 21.8 Å². The van der Waals surface area contributed by atoms with Crippen LogP contribution in [0.25, 0.3) is 0 Å². The third-order valence-electron chi connectivity index (χ3n) is 5.19. The number of imide groups is 1. The van der Waals surface area contributed by atoms with Gasteiger partial charge in [0.05, 0.1) is 23.3 Å². The molecule has 0 atom stereocenters. The molecule has 2 aromatic carbocycles. The predicted octanol–water partition coefficient (Wildman–Crippen LogP) is 3.12. The highest BCUT2D eigenvalue weighted by Gasteiger charge is 2.39. The molecule has 2 N–H and O–H groups in total. The molecule has 190 valence electrons. The number of carbonyl (C=O) groups is 3. The van der Waals surface area contributed by atoms with E-state index >= 15 is 0 Å². The summed E-state index contributed by atoms with van der Waals surface area (Å²) in [5.74, 6) is -2.22. The molecule has 0 saturated carbocycles. The summed E-state index contributed by atoms with van der Waals surface area (Å²) >= 11 is 6.16. The maximum atomic E-state index is 13.0. The van der Waals surface area contributed by atoms with Crippen LogP contribution in [0.5, 0.6) is 0 Å². The fraction of sp³-hybridized carbons (Fsp3) is 0.125. The molecular weight excluding hydrogens is 522 g/mol. The second-order valence-corrected chi connectivity index (χ2v) is 9.97. The number of ether oxygens (including phenoxy) is 1. The van der Waals surface area contributed by atoms with Crippen molar-refractivity contribution >= 4 is 56.7 Å². The van der Waals surface area contributed by atoms with Gasteiger partial charge in [0, 0.05) is 17.1 Å². The molecule has 37 heavy (non-hydrogen) atoms. The number of nitrogens with one attached hydrogen (secondary N) is 2. The van der Waals surface area contributed by atoms with Gasteiger partial charge in [-0.1, -0.05) is 17.7 Å². The molecule has 3 aromatic rings. The minimum Gasteiger partial charge on any atom is -0.465 e. The maximum absolute atomic E-state index is 13.0. The van der Waals surface area contributed by atoms with Gasteiger partial charge in [-0.3, -0.25) is 9.59 Å². The first kappa shape index (κ1) is 25.8. The van der Waals surface area contributed by atoms with Crippen molar-refractivity contribution < 1.29 is 27.5 Å². The number of esters is 1. The van der Waals surface area contributed by atoms with Crippen molar-refractivity contribution in [2.24, 2.45) is 0 Å². The number of methoxy groups -OCH3 is 1. The lowest BCUT2D eigenvalue weighted by Crippen LogP contribution is -2.32. The van der Waals surface area contributed by atoms with Crippen molar-refractivity contribution in [3.05, 3.63) is 82.3 Å². The van der Waals surface area contributed by atoms with E-state index in [1.165, 1.54) is 55.6 Å². The Balaban J connectivity index is 1.53. The zero-order valence-corrected chi connectivity index (χ0v) is 21.3. The van der Waals surface area contributed by atoms with Crippen LogP contribution in [0, 0.1) is 13.8 Å². The summed E-state index contributed by atoms with van der Waals surface area (Å²) in [5.41, 5.74) is 1.60. The van der Waals surface area contributed by atoms with Crippen LogP contribution in [0.4, 0.5) is 17.3 Å². The van der Waals surface area contributed by atoms with E-state index in [1.54, 1.807) is 19.9 Å². The van der Waals surface area contributed by atoms with Crippen LogP contribution in [0.2, 0.25) is 0 Å². The van der Waals surface area contributed by atoms with Gasteiger partial charge in [0.2, 0.25) is 5.95 Å². The number of halogens is 1. The average Bonchev–Trinajstić information content (AvgIpc) is 3.06. The Bertz CT molecular complexity index is 1550. The molecule has 4 rings (SSSR count). The van der Waals surface area contributed by atoms with Gasteiger partial charge >= 0.3 is 5.97 Å². The normalized spacial score (nSPS) is 13.7. The van der Waals surface area contributed by atoms with E-state index < -0.39 is 27.8 Å². The minimum atomic E-state index is -3.99. The van der Waals surface area contributed by atoms with Crippen molar-refractivity contribution in [3.63, 3.8) is 0 Å². The third kappa shape index (κ3) is 5.29. The monoisotopic (exact) mass is 541 g/mol. The van der Waals surface area contributed by atoms with Crippen molar-refractivity contribution in [2.75, 3.05) is 22.0 Å². The quantitative estimate of drug-likeness (QED) is 0.340. The number of aryl methyl sites for hydroxylation is 2. The van der Waals surface area contributed by atoms with E-state index in [0.717, 1.165) is 4.90 Å². The van der Waals surface area contributed by atoms with Crippen LogP contribution in [0.15, 0.2) is 70.2 Å². The van der Waals surface area contributed by atoms with Crippen molar-refractivity contribution in [3.8, 4) is 0 Å². The molecule has 11 nitrogen and oxygen atoms in total. The number of aromatic nitrogens is 2. The molecule has 13 heteroatoms. The van der Waals surface area contributed by atoms with Crippen LogP contribution >= 0.6 is 11.6 Å². The van der Waals surface area contributed by atoms with E-state index in [2.05, 4.69) is 24.7 Å². The summed E-state index contributed by atoms with van der Waals surface area (Å²) in [6.45, 7) is 3.44. The van der Waals surface area contributed by atoms with Gasteiger partial charge in [-0.25, -0.2) is 32.8 Å². The van der Waals surface area contributed by atoms with Gasteiger partial charge in [-0.05, 0) is 62.4 Å². The molecule has 0 aliphatic carbocycles. The molecule has 0 saturated heterocycles. The number of amides is 2. The largest absolute Gasteiger partial charge is 0.465 e. The van der Waals surface area contributed by atoms with Crippen LogP contribution < -0.4 is 14.9 Å². The van der Waals surface area contributed by atoms with E-state index in [4.69, 9.17) is 11.6 Å². The number of hydrogen-bond donors (Lipinski definition) is 2. The standard InChI is InChI=1S/C24H20ClN5O6S/c1-13-11-14(2)27-24(26-13)29-37(34,35)18-9-7-16(8-10-18)28-20-19(25)21(31)30(22(20)32)17-6-4-5-15(12-17)23(33)36-3/h4-12,28H,1-3H3,(H,26,27,29). The summed E-state index contributed by atoms with van der Waals surface area (Å²) in [5, 5.41) is 2.40. The smallest absolute Gasteiger partial charge is 0.337 e. The number of nitrogens with zero attached hydrogens (tertiary/aromatic N) is 3. The predicted molar refractivity (Wildman–Crippen MR) is 136 cm³/mol. The summed E-state index contributed by atoms with van der Waals surface area (Å²) in [6.07, 6.45) is 0. The number of benzene rings is 2. The topological polar surface area (TPSA) is 148 Å². The Morgan fingerprint density at radius 2 is 1.62 bits per heavy atom. The second-order valence-electron chi connectivity index (χ2n) is 7.91. The number of hydrogen-bond acceptors (Lipinski definition) is 9. The highest BCUT2D eigenvalue weighted by Crippen LogP contribution is 2.31. The Morgan fingerprint density at radius 3 is 2.24 bits per heavy atom. The zero-order chi connectivity index (χ0) is 26.9. The summed E-state index contributed by atoms with van der Waals surface area (Å²) < 4.78 is 32.5. The number of anilines is 3.